The Morgan fingerprint density at radius 3 is 2.90 bits per heavy atom. The molecular weight excluding hydrogens is 324 g/mol. The van der Waals surface area contributed by atoms with Gasteiger partial charge in [-0.2, -0.15) is 4.98 Å². The first-order valence-electron chi connectivity index (χ1n) is 6.34. The van der Waals surface area contributed by atoms with Crippen molar-refractivity contribution in [3.8, 4) is 0 Å². The second-order valence-electron chi connectivity index (χ2n) is 4.29. The second-order valence-corrected chi connectivity index (χ2v) is 5.15. The first-order valence-corrected chi connectivity index (χ1v) is 7.13. The van der Waals surface area contributed by atoms with E-state index in [2.05, 4.69) is 26.1 Å². The summed E-state index contributed by atoms with van der Waals surface area (Å²) in [4.78, 5) is 15.9. The molecule has 20 heavy (non-hydrogen) atoms. The van der Waals surface area contributed by atoms with Gasteiger partial charge in [-0.3, -0.25) is 4.79 Å². The van der Waals surface area contributed by atoms with Gasteiger partial charge < -0.3 is 9.26 Å². The zero-order chi connectivity index (χ0) is 14.5. The van der Waals surface area contributed by atoms with Gasteiger partial charge in [0.1, 0.15) is 5.92 Å². The number of ether oxygens (including phenoxy) is 1. The van der Waals surface area contributed by atoms with Crippen molar-refractivity contribution < 1.29 is 14.1 Å². The van der Waals surface area contributed by atoms with Gasteiger partial charge in [-0.05, 0) is 25.5 Å². The van der Waals surface area contributed by atoms with Crippen LogP contribution in [0.2, 0.25) is 0 Å². The highest BCUT2D eigenvalue weighted by atomic mass is 79.9. The van der Waals surface area contributed by atoms with Crippen molar-refractivity contribution in [1.82, 2.24) is 10.1 Å². The fourth-order valence-corrected chi connectivity index (χ4v) is 2.12. The van der Waals surface area contributed by atoms with Crippen molar-refractivity contribution in [3.63, 3.8) is 0 Å². The quantitative estimate of drug-likeness (QED) is 0.783. The van der Waals surface area contributed by atoms with E-state index < -0.39 is 5.92 Å². The second kappa shape index (κ2) is 6.65. The normalized spacial score (nSPS) is 12.2. The molecule has 2 rings (SSSR count). The molecule has 1 aromatic carbocycles. The Morgan fingerprint density at radius 2 is 2.20 bits per heavy atom. The Labute approximate surface area is 125 Å². The maximum absolute atomic E-state index is 11.6. The number of carbonyl (C=O) groups excluding carboxylic acids is 1. The van der Waals surface area contributed by atoms with E-state index in [1.165, 1.54) is 0 Å². The summed E-state index contributed by atoms with van der Waals surface area (Å²) in [5, 5.41) is 3.90. The van der Waals surface area contributed by atoms with E-state index in [0.29, 0.717) is 18.9 Å². The Morgan fingerprint density at radius 1 is 1.45 bits per heavy atom. The minimum absolute atomic E-state index is 0.283. The minimum Gasteiger partial charge on any atom is -0.465 e. The average molecular weight is 339 g/mol. The van der Waals surface area contributed by atoms with E-state index >= 15 is 0 Å². The third-order valence-corrected chi connectivity index (χ3v) is 3.57. The molecule has 1 aromatic heterocycles. The summed E-state index contributed by atoms with van der Waals surface area (Å²) in [5.74, 6) is -0.0763. The lowest BCUT2D eigenvalue weighted by atomic mass is 10.1. The molecule has 0 amide bonds. The molecule has 106 valence electrons. The lowest BCUT2D eigenvalue weighted by Gasteiger charge is -2.04. The average Bonchev–Trinajstić information content (AvgIpc) is 2.89. The van der Waals surface area contributed by atoms with Gasteiger partial charge >= 0.3 is 5.97 Å². The number of carbonyl (C=O) groups is 1. The lowest BCUT2D eigenvalue weighted by Crippen LogP contribution is -2.13. The molecule has 2 aromatic rings. The number of hydrogen-bond donors (Lipinski definition) is 0. The molecule has 1 unspecified atom stereocenters. The Bertz CT molecular complexity index is 598. The highest BCUT2D eigenvalue weighted by molar-refractivity contribution is 9.10. The fraction of sp³-hybridized carbons (Fsp3) is 0.357. The van der Waals surface area contributed by atoms with E-state index in [1.807, 2.05) is 24.3 Å². The topological polar surface area (TPSA) is 65.2 Å². The summed E-state index contributed by atoms with van der Waals surface area (Å²) in [6.45, 7) is 3.78. The standard InChI is InChI=1S/C14H15BrN2O3/c1-3-19-14(18)9(2)13-16-12(17-20-13)8-10-6-4-5-7-11(10)15/h4-7,9H,3,8H2,1-2H3. The first kappa shape index (κ1) is 14.7. The number of rotatable bonds is 5. The Balaban J connectivity index is 2.09. The number of aromatic nitrogens is 2. The molecule has 1 atom stereocenters. The summed E-state index contributed by atoms with van der Waals surface area (Å²) >= 11 is 3.47. The zero-order valence-corrected chi connectivity index (χ0v) is 12.9. The summed E-state index contributed by atoms with van der Waals surface area (Å²) in [6.07, 6.45) is 0.542. The molecule has 0 saturated carbocycles. The first-order chi connectivity index (χ1) is 9.61. The number of esters is 1. The predicted octanol–water partition coefficient (Wildman–Crippen LogP) is 3.09. The maximum Gasteiger partial charge on any atom is 0.318 e. The molecule has 0 spiro atoms. The zero-order valence-electron chi connectivity index (χ0n) is 11.3. The van der Waals surface area contributed by atoms with Crippen LogP contribution in [0.3, 0.4) is 0 Å². The molecule has 0 fully saturated rings. The SMILES string of the molecule is CCOC(=O)C(C)c1nc(Cc2ccccc2Br)no1. The molecular formula is C14H15BrN2O3. The largest absolute Gasteiger partial charge is 0.465 e. The van der Waals surface area contributed by atoms with Crippen molar-refractivity contribution in [3.05, 3.63) is 46.0 Å². The molecule has 0 N–H and O–H groups in total. The summed E-state index contributed by atoms with van der Waals surface area (Å²) in [5.41, 5.74) is 1.06. The molecule has 0 aliphatic heterocycles. The number of nitrogens with zero attached hydrogens (tertiary/aromatic N) is 2. The van der Waals surface area contributed by atoms with Crippen molar-refractivity contribution >= 4 is 21.9 Å². The van der Waals surface area contributed by atoms with Crippen LogP contribution in [0.15, 0.2) is 33.3 Å². The van der Waals surface area contributed by atoms with Crippen LogP contribution in [0.25, 0.3) is 0 Å². The van der Waals surface area contributed by atoms with Crippen LogP contribution in [-0.4, -0.2) is 22.7 Å². The molecule has 6 heteroatoms. The van der Waals surface area contributed by atoms with Gasteiger partial charge in [-0.25, -0.2) is 0 Å². The number of hydrogen-bond acceptors (Lipinski definition) is 5. The molecule has 0 aliphatic rings. The van der Waals surface area contributed by atoms with Crippen LogP contribution in [0, 0.1) is 0 Å². The van der Waals surface area contributed by atoms with Crippen molar-refractivity contribution in [2.75, 3.05) is 6.61 Å². The fourth-order valence-electron chi connectivity index (χ4n) is 1.70. The highest BCUT2D eigenvalue weighted by Gasteiger charge is 2.23. The summed E-state index contributed by atoms with van der Waals surface area (Å²) in [6, 6.07) is 7.83. The van der Waals surface area contributed by atoms with Crippen LogP contribution < -0.4 is 0 Å². The van der Waals surface area contributed by atoms with Crippen LogP contribution in [0.1, 0.15) is 37.0 Å². The van der Waals surface area contributed by atoms with Gasteiger partial charge in [0.05, 0.1) is 6.61 Å². The molecule has 0 radical (unpaired) electrons. The minimum atomic E-state index is -0.546. The Hall–Kier alpha value is -1.69. The number of halogens is 1. The van der Waals surface area contributed by atoms with Gasteiger partial charge in [-0.1, -0.05) is 39.3 Å². The highest BCUT2D eigenvalue weighted by Crippen LogP contribution is 2.20. The Kier molecular flexibility index (Phi) is 4.89. The third kappa shape index (κ3) is 3.45. The van der Waals surface area contributed by atoms with Crippen LogP contribution in [0.4, 0.5) is 0 Å². The van der Waals surface area contributed by atoms with E-state index in [9.17, 15) is 4.79 Å². The summed E-state index contributed by atoms with van der Waals surface area (Å²) < 4.78 is 11.0. The van der Waals surface area contributed by atoms with Crippen molar-refractivity contribution in [2.24, 2.45) is 0 Å². The van der Waals surface area contributed by atoms with E-state index in [1.54, 1.807) is 13.8 Å². The van der Waals surface area contributed by atoms with Crippen molar-refractivity contribution in [1.29, 1.82) is 0 Å². The molecule has 0 bridgehead atoms. The monoisotopic (exact) mass is 338 g/mol. The van der Waals surface area contributed by atoms with Gasteiger partial charge in [0, 0.05) is 10.9 Å². The predicted molar refractivity (Wildman–Crippen MR) is 76.3 cm³/mol. The van der Waals surface area contributed by atoms with Gasteiger partial charge in [-0.15, -0.1) is 0 Å². The molecule has 1 heterocycles. The third-order valence-electron chi connectivity index (χ3n) is 2.80. The van der Waals surface area contributed by atoms with E-state index in [4.69, 9.17) is 9.26 Å². The maximum atomic E-state index is 11.6. The lowest BCUT2D eigenvalue weighted by molar-refractivity contribution is -0.145. The smallest absolute Gasteiger partial charge is 0.318 e. The molecule has 0 saturated heterocycles. The van der Waals surface area contributed by atoms with Gasteiger partial charge in [0.15, 0.2) is 5.82 Å². The molecule has 0 aliphatic carbocycles. The van der Waals surface area contributed by atoms with Crippen LogP contribution in [0.5, 0.6) is 0 Å². The van der Waals surface area contributed by atoms with Gasteiger partial charge in [0.2, 0.25) is 5.89 Å². The van der Waals surface area contributed by atoms with Gasteiger partial charge in [0.25, 0.3) is 0 Å². The molecule has 5 nitrogen and oxygen atoms in total. The number of benzene rings is 1. The van der Waals surface area contributed by atoms with E-state index in [-0.39, 0.29) is 11.9 Å². The summed E-state index contributed by atoms with van der Waals surface area (Å²) in [7, 11) is 0. The van der Waals surface area contributed by atoms with E-state index in [0.717, 1.165) is 10.0 Å². The van der Waals surface area contributed by atoms with Crippen LogP contribution in [-0.2, 0) is 16.0 Å². The van der Waals surface area contributed by atoms with Crippen LogP contribution >= 0.6 is 15.9 Å². The van der Waals surface area contributed by atoms with Crippen molar-refractivity contribution in [2.45, 2.75) is 26.2 Å².